The average molecular weight is 269 g/mol. The molecule has 2 N–H and O–H groups in total. The van der Waals surface area contributed by atoms with Gasteiger partial charge in [-0.3, -0.25) is 0 Å². The largest absolute Gasteiger partial charge is 0.330 e. The van der Waals surface area contributed by atoms with Crippen molar-refractivity contribution < 1.29 is 0 Å². The van der Waals surface area contributed by atoms with E-state index in [1.807, 2.05) is 18.2 Å². The molecule has 3 heteroatoms. The Morgan fingerprint density at radius 3 is 2.28 bits per heavy atom. The van der Waals surface area contributed by atoms with Crippen LogP contribution in [0.1, 0.15) is 38.2 Å². The predicted molar refractivity (Wildman–Crippen MR) is 80.3 cm³/mol. The van der Waals surface area contributed by atoms with E-state index in [9.17, 15) is 0 Å². The lowest BCUT2D eigenvalue weighted by Crippen LogP contribution is -2.33. The minimum Gasteiger partial charge on any atom is -0.330 e. The zero-order valence-electron chi connectivity index (χ0n) is 11.5. The van der Waals surface area contributed by atoms with Gasteiger partial charge in [0, 0.05) is 24.0 Å². The molecule has 0 heterocycles. The molecule has 0 spiro atoms. The molecule has 0 saturated carbocycles. The summed E-state index contributed by atoms with van der Waals surface area (Å²) < 4.78 is 0. The van der Waals surface area contributed by atoms with Gasteiger partial charge < -0.3 is 10.6 Å². The Morgan fingerprint density at radius 2 is 1.78 bits per heavy atom. The first kappa shape index (κ1) is 15.5. The lowest BCUT2D eigenvalue weighted by molar-refractivity contribution is 0.258. The molecular formula is C15H25ClN2. The first-order chi connectivity index (χ1) is 8.72. The van der Waals surface area contributed by atoms with E-state index in [1.54, 1.807) is 0 Å². The van der Waals surface area contributed by atoms with Crippen LogP contribution in [0.15, 0.2) is 24.3 Å². The number of benzene rings is 1. The molecule has 1 aromatic rings. The lowest BCUT2D eigenvalue weighted by atomic mass is 9.98. The van der Waals surface area contributed by atoms with Crippen LogP contribution in [0.5, 0.6) is 0 Å². The molecule has 0 aliphatic carbocycles. The van der Waals surface area contributed by atoms with Crippen molar-refractivity contribution in [3.05, 3.63) is 34.9 Å². The van der Waals surface area contributed by atoms with Gasteiger partial charge in [0.2, 0.25) is 0 Å². The fourth-order valence-electron chi connectivity index (χ4n) is 2.34. The van der Waals surface area contributed by atoms with Gasteiger partial charge in [-0.2, -0.15) is 0 Å². The third-order valence-corrected chi connectivity index (χ3v) is 3.53. The summed E-state index contributed by atoms with van der Waals surface area (Å²) >= 11 is 6.26. The maximum absolute atomic E-state index is 6.26. The SMILES string of the molecule is CCCN(CCC)CC(CN)c1ccccc1Cl. The van der Waals surface area contributed by atoms with Gasteiger partial charge in [0.15, 0.2) is 0 Å². The molecule has 0 aliphatic rings. The van der Waals surface area contributed by atoms with Gasteiger partial charge in [-0.25, -0.2) is 0 Å². The number of hydrogen-bond acceptors (Lipinski definition) is 2. The van der Waals surface area contributed by atoms with E-state index in [0.29, 0.717) is 12.5 Å². The third-order valence-electron chi connectivity index (χ3n) is 3.19. The highest BCUT2D eigenvalue weighted by Crippen LogP contribution is 2.24. The first-order valence-corrected chi connectivity index (χ1v) is 7.27. The molecule has 2 nitrogen and oxygen atoms in total. The van der Waals surface area contributed by atoms with Gasteiger partial charge in [-0.15, -0.1) is 0 Å². The maximum Gasteiger partial charge on any atom is 0.0441 e. The van der Waals surface area contributed by atoms with E-state index in [1.165, 1.54) is 18.4 Å². The summed E-state index contributed by atoms with van der Waals surface area (Å²) in [5, 5.41) is 0.834. The van der Waals surface area contributed by atoms with Crippen molar-refractivity contribution in [1.29, 1.82) is 0 Å². The predicted octanol–water partition coefficient (Wildman–Crippen LogP) is 3.50. The number of hydrogen-bond donors (Lipinski definition) is 1. The minimum absolute atomic E-state index is 0.330. The molecule has 0 fully saturated rings. The van der Waals surface area contributed by atoms with Gasteiger partial charge >= 0.3 is 0 Å². The topological polar surface area (TPSA) is 29.3 Å². The van der Waals surface area contributed by atoms with Crippen LogP contribution in [-0.4, -0.2) is 31.1 Å². The number of nitrogens with zero attached hydrogens (tertiary/aromatic N) is 1. The van der Waals surface area contributed by atoms with Crippen LogP contribution in [0.2, 0.25) is 5.02 Å². The van der Waals surface area contributed by atoms with Crippen molar-refractivity contribution in [2.45, 2.75) is 32.6 Å². The van der Waals surface area contributed by atoms with Crippen LogP contribution in [-0.2, 0) is 0 Å². The number of nitrogens with two attached hydrogens (primary N) is 1. The Hall–Kier alpha value is -0.570. The van der Waals surface area contributed by atoms with Gasteiger partial charge in [-0.1, -0.05) is 43.6 Å². The smallest absolute Gasteiger partial charge is 0.0441 e. The molecule has 1 atom stereocenters. The molecule has 1 unspecified atom stereocenters. The highest BCUT2D eigenvalue weighted by atomic mass is 35.5. The Bertz CT molecular complexity index is 335. The van der Waals surface area contributed by atoms with Crippen LogP contribution in [0.3, 0.4) is 0 Å². The van der Waals surface area contributed by atoms with E-state index >= 15 is 0 Å². The van der Waals surface area contributed by atoms with E-state index in [4.69, 9.17) is 17.3 Å². The van der Waals surface area contributed by atoms with Crippen LogP contribution in [0, 0.1) is 0 Å². The zero-order valence-corrected chi connectivity index (χ0v) is 12.3. The van der Waals surface area contributed by atoms with Crippen molar-refractivity contribution in [1.82, 2.24) is 4.90 Å². The fourth-order valence-corrected chi connectivity index (χ4v) is 2.63. The van der Waals surface area contributed by atoms with Crippen molar-refractivity contribution in [3.63, 3.8) is 0 Å². The lowest BCUT2D eigenvalue weighted by Gasteiger charge is -2.27. The highest BCUT2D eigenvalue weighted by molar-refractivity contribution is 6.31. The molecule has 1 aromatic carbocycles. The molecular weight excluding hydrogens is 244 g/mol. The van der Waals surface area contributed by atoms with Gasteiger partial charge in [0.25, 0.3) is 0 Å². The first-order valence-electron chi connectivity index (χ1n) is 6.89. The Balaban J connectivity index is 2.73. The van der Waals surface area contributed by atoms with Crippen molar-refractivity contribution in [2.75, 3.05) is 26.2 Å². The Kier molecular flexibility index (Phi) is 7.33. The highest BCUT2D eigenvalue weighted by Gasteiger charge is 2.16. The number of halogens is 1. The second-order valence-electron chi connectivity index (χ2n) is 4.75. The summed E-state index contributed by atoms with van der Waals surface area (Å²) in [6.45, 7) is 8.35. The summed E-state index contributed by atoms with van der Waals surface area (Å²) in [4.78, 5) is 2.49. The van der Waals surface area contributed by atoms with Crippen molar-refractivity contribution >= 4 is 11.6 Å². The van der Waals surface area contributed by atoms with Gasteiger partial charge in [0.1, 0.15) is 0 Å². The monoisotopic (exact) mass is 268 g/mol. The molecule has 102 valence electrons. The average Bonchev–Trinajstić information content (AvgIpc) is 2.37. The summed E-state index contributed by atoms with van der Waals surface area (Å²) in [6.07, 6.45) is 2.36. The fraction of sp³-hybridized carbons (Fsp3) is 0.600. The van der Waals surface area contributed by atoms with E-state index in [-0.39, 0.29) is 0 Å². The third kappa shape index (κ3) is 4.60. The molecule has 0 bridgehead atoms. The summed E-state index contributed by atoms with van der Waals surface area (Å²) in [5.41, 5.74) is 7.11. The second kappa shape index (κ2) is 8.52. The molecule has 1 rings (SSSR count). The van der Waals surface area contributed by atoms with E-state index in [2.05, 4.69) is 24.8 Å². The van der Waals surface area contributed by atoms with Crippen molar-refractivity contribution in [2.24, 2.45) is 5.73 Å². The van der Waals surface area contributed by atoms with Crippen LogP contribution in [0.25, 0.3) is 0 Å². The van der Waals surface area contributed by atoms with E-state index in [0.717, 1.165) is 24.7 Å². The van der Waals surface area contributed by atoms with Gasteiger partial charge in [-0.05, 0) is 37.6 Å². The van der Waals surface area contributed by atoms with Crippen LogP contribution < -0.4 is 5.73 Å². The van der Waals surface area contributed by atoms with Crippen molar-refractivity contribution in [3.8, 4) is 0 Å². The quantitative estimate of drug-likeness (QED) is 0.782. The summed E-state index contributed by atoms with van der Waals surface area (Å²) in [7, 11) is 0. The van der Waals surface area contributed by atoms with Crippen LogP contribution in [0.4, 0.5) is 0 Å². The maximum atomic E-state index is 6.26. The number of rotatable bonds is 8. The molecule has 0 aliphatic heterocycles. The molecule has 0 aromatic heterocycles. The standard InChI is InChI=1S/C15H25ClN2/c1-3-9-18(10-4-2)12-13(11-17)14-7-5-6-8-15(14)16/h5-8,13H,3-4,9-12,17H2,1-2H3. The molecule has 0 radical (unpaired) electrons. The Morgan fingerprint density at radius 1 is 1.17 bits per heavy atom. The molecule has 18 heavy (non-hydrogen) atoms. The Labute approximate surface area is 116 Å². The summed E-state index contributed by atoms with van der Waals surface area (Å²) in [5.74, 6) is 0.330. The van der Waals surface area contributed by atoms with Gasteiger partial charge in [0.05, 0.1) is 0 Å². The second-order valence-corrected chi connectivity index (χ2v) is 5.16. The normalized spacial score (nSPS) is 12.9. The zero-order chi connectivity index (χ0) is 13.4. The van der Waals surface area contributed by atoms with E-state index < -0.39 is 0 Å². The molecule has 0 amide bonds. The minimum atomic E-state index is 0.330. The summed E-state index contributed by atoms with van der Waals surface area (Å²) in [6, 6.07) is 8.04. The molecule has 0 saturated heterocycles. The van der Waals surface area contributed by atoms with Crippen LogP contribution >= 0.6 is 11.6 Å².